The second kappa shape index (κ2) is 1.44. The summed E-state index contributed by atoms with van der Waals surface area (Å²) in [6.07, 6.45) is 5.09. The van der Waals surface area contributed by atoms with Gasteiger partial charge in [-0.25, -0.2) is 4.39 Å². The van der Waals surface area contributed by atoms with Gasteiger partial charge >= 0.3 is 0 Å². The average Bonchev–Trinajstić information content (AvgIpc) is 1.86. The molecule has 0 heterocycles. The second-order valence-electron chi connectivity index (χ2n) is 2.28. The van der Waals surface area contributed by atoms with Gasteiger partial charge in [0.2, 0.25) is 0 Å². The highest BCUT2D eigenvalue weighted by Crippen LogP contribution is 2.26. The third-order valence-electron chi connectivity index (χ3n) is 1.53. The molecule has 1 unspecified atom stereocenters. The quantitative estimate of drug-likeness (QED) is 0.450. The van der Waals surface area contributed by atoms with Crippen LogP contribution in [0.5, 0.6) is 0 Å². The van der Waals surface area contributed by atoms with Crippen LogP contribution in [0.1, 0.15) is 13.8 Å². The highest BCUT2D eigenvalue weighted by Gasteiger charge is 2.23. The van der Waals surface area contributed by atoms with Crippen LogP contribution in [-0.2, 0) is 0 Å². The Morgan fingerprint density at radius 1 is 1.62 bits per heavy atom. The second-order valence-corrected chi connectivity index (χ2v) is 2.28. The number of rotatable bonds is 0. The minimum atomic E-state index is -1.17. The lowest BCUT2D eigenvalue weighted by molar-refractivity contribution is 0.313. The lowest BCUT2D eigenvalue weighted by Gasteiger charge is -2.10. The molecule has 1 aliphatic carbocycles. The first-order chi connectivity index (χ1) is 3.63. The third kappa shape index (κ3) is 0.683. The lowest BCUT2D eigenvalue weighted by Crippen LogP contribution is -2.11. The summed E-state index contributed by atoms with van der Waals surface area (Å²) in [6.45, 7) is 3.35. The van der Waals surface area contributed by atoms with Gasteiger partial charge in [0.05, 0.1) is 0 Å². The van der Waals surface area contributed by atoms with Crippen molar-refractivity contribution in [2.75, 3.05) is 0 Å². The summed E-state index contributed by atoms with van der Waals surface area (Å²) >= 11 is 0. The zero-order valence-electron chi connectivity index (χ0n) is 5.11. The van der Waals surface area contributed by atoms with Crippen molar-refractivity contribution in [2.45, 2.75) is 19.5 Å². The van der Waals surface area contributed by atoms with Gasteiger partial charge in [-0.05, 0) is 25.5 Å². The van der Waals surface area contributed by atoms with Gasteiger partial charge in [-0.1, -0.05) is 12.2 Å². The SMILES string of the molecule is CC1=CC=CC1(C)F. The Balaban J connectivity index is 2.87. The zero-order chi connectivity index (χ0) is 6.20. The molecular formula is C7H9F. The number of alkyl halides is 1. The first kappa shape index (κ1) is 5.54. The molecule has 0 aromatic rings. The van der Waals surface area contributed by atoms with E-state index in [9.17, 15) is 4.39 Å². The van der Waals surface area contributed by atoms with Gasteiger partial charge < -0.3 is 0 Å². The van der Waals surface area contributed by atoms with Gasteiger partial charge in [-0.15, -0.1) is 0 Å². The maximum atomic E-state index is 12.8. The Morgan fingerprint density at radius 3 is 2.38 bits per heavy atom. The molecule has 0 spiro atoms. The van der Waals surface area contributed by atoms with Crippen molar-refractivity contribution in [3.05, 3.63) is 23.8 Å². The van der Waals surface area contributed by atoms with Crippen LogP contribution in [0.15, 0.2) is 23.8 Å². The molecule has 44 valence electrons. The predicted molar refractivity (Wildman–Crippen MR) is 32.4 cm³/mol. The van der Waals surface area contributed by atoms with Crippen molar-refractivity contribution in [1.82, 2.24) is 0 Å². The summed E-state index contributed by atoms with van der Waals surface area (Å²) in [5, 5.41) is 0. The summed E-state index contributed by atoms with van der Waals surface area (Å²) in [7, 11) is 0. The van der Waals surface area contributed by atoms with E-state index in [0.717, 1.165) is 5.57 Å². The van der Waals surface area contributed by atoms with E-state index < -0.39 is 5.67 Å². The molecule has 0 aromatic heterocycles. The Bertz CT molecular complexity index is 152. The predicted octanol–water partition coefficient (Wildman–Crippen LogP) is 2.23. The molecule has 0 aromatic carbocycles. The molecule has 0 nitrogen and oxygen atoms in total. The molecule has 1 atom stereocenters. The Hall–Kier alpha value is -0.590. The number of hydrogen-bond acceptors (Lipinski definition) is 0. The van der Waals surface area contributed by atoms with Crippen LogP contribution in [0.25, 0.3) is 0 Å². The fraction of sp³-hybridized carbons (Fsp3) is 0.429. The summed E-state index contributed by atoms with van der Waals surface area (Å²) < 4.78 is 12.8. The van der Waals surface area contributed by atoms with E-state index in [2.05, 4.69) is 0 Å². The van der Waals surface area contributed by atoms with Crippen molar-refractivity contribution in [1.29, 1.82) is 0 Å². The first-order valence-electron chi connectivity index (χ1n) is 2.68. The van der Waals surface area contributed by atoms with E-state index in [1.165, 1.54) is 0 Å². The van der Waals surface area contributed by atoms with Crippen molar-refractivity contribution < 1.29 is 4.39 Å². The van der Waals surface area contributed by atoms with Crippen LogP contribution in [0, 0.1) is 0 Å². The summed E-state index contributed by atoms with van der Waals surface area (Å²) in [5.41, 5.74) is -0.377. The normalized spacial score (nSPS) is 35.6. The van der Waals surface area contributed by atoms with Crippen LogP contribution in [0.4, 0.5) is 4.39 Å². The summed E-state index contributed by atoms with van der Waals surface area (Å²) in [6, 6.07) is 0. The molecule has 0 saturated heterocycles. The molecule has 0 saturated carbocycles. The molecule has 8 heavy (non-hydrogen) atoms. The van der Waals surface area contributed by atoms with Gasteiger partial charge in [0.25, 0.3) is 0 Å². The maximum absolute atomic E-state index is 12.8. The highest BCUT2D eigenvalue weighted by atomic mass is 19.1. The fourth-order valence-electron chi connectivity index (χ4n) is 0.668. The van der Waals surface area contributed by atoms with E-state index >= 15 is 0 Å². The smallest absolute Gasteiger partial charge is 0.147 e. The van der Waals surface area contributed by atoms with Crippen molar-refractivity contribution in [2.24, 2.45) is 0 Å². The van der Waals surface area contributed by atoms with Gasteiger partial charge in [0.1, 0.15) is 5.67 Å². The Labute approximate surface area is 48.7 Å². The highest BCUT2D eigenvalue weighted by molar-refractivity contribution is 5.33. The topological polar surface area (TPSA) is 0 Å². The van der Waals surface area contributed by atoms with Gasteiger partial charge in [0, 0.05) is 0 Å². The molecule has 0 N–H and O–H groups in total. The summed E-state index contributed by atoms with van der Waals surface area (Å²) in [5.74, 6) is 0. The van der Waals surface area contributed by atoms with Crippen molar-refractivity contribution >= 4 is 0 Å². The zero-order valence-corrected chi connectivity index (χ0v) is 5.11. The van der Waals surface area contributed by atoms with Crippen molar-refractivity contribution in [3.8, 4) is 0 Å². The number of halogens is 1. The molecule has 0 bridgehead atoms. The van der Waals surface area contributed by atoms with E-state index in [1.54, 1.807) is 32.1 Å². The molecule has 0 amide bonds. The number of allylic oxidation sites excluding steroid dienone is 4. The minimum Gasteiger partial charge on any atom is -0.235 e. The molecule has 1 heteroatoms. The van der Waals surface area contributed by atoms with E-state index in [-0.39, 0.29) is 0 Å². The van der Waals surface area contributed by atoms with Crippen LogP contribution >= 0.6 is 0 Å². The van der Waals surface area contributed by atoms with E-state index in [0.29, 0.717) is 0 Å². The van der Waals surface area contributed by atoms with Gasteiger partial charge in [0.15, 0.2) is 0 Å². The standard InChI is InChI=1S/C7H9F/c1-6-4-3-5-7(6,2)8/h3-5H,1-2H3. The Kier molecular flexibility index (Phi) is 0.999. The van der Waals surface area contributed by atoms with E-state index in [4.69, 9.17) is 0 Å². The fourth-order valence-corrected chi connectivity index (χ4v) is 0.668. The maximum Gasteiger partial charge on any atom is 0.147 e. The molecule has 0 fully saturated rings. The Morgan fingerprint density at radius 2 is 2.25 bits per heavy atom. The first-order valence-corrected chi connectivity index (χ1v) is 2.68. The van der Waals surface area contributed by atoms with Gasteiger partial charge in [-0.3, -0.25) is 0 Å². The van der Waals surface area contributed by atoms with Gasteiger partial charge in [-0.2, -0.15) is 0 Å². The molecule has 1 aliphatic rings. The lowest BCUT2D eigenvalue weighted by atomic mass is 10.0. The van der Waals surface area contributed by atoms with Crippen LogP contribution in [-0.4, -0.2) is 5.67 Å². The van der Waals surface area contributed by atoms with Crippen LogP contribution in [0.2, 0.25) is 0 Å². The summed E-state index contributed by atoms with van der Waals surface area (Å²) in [4.78, 5) is 0. The van der Waals surface area contributed by atoms with Crippen LogP contribution in [0.3, 0.4) is 0 Å². The molecule has 0 aliphatic heterocycles. The molecule has 0 radical (unpaired) electrons. The van der Waals surface area contributed by atoms with Crippen molar-refractivity contribution in [3.63, 3.8) is 0 Å². The molecular weight excluding hydrogens is 103 g/mol. The van der Waals surface area contributed by atoms with Crippen LogP contribution < -0.4 is 0 Å². The average molecular weight is 112 g/mol. The molecule has 1 rings (SSSR count). The minimum absolute atomic E-state index is 0.789. The third-order valence-corrected chi connectivity index (χ3v) is 1.53. The largest absolute Gasteiger partial charge is 0.235 e. The van der Waals surface area contributed by atoms with E-state index in [1.807, 2.05) is 0 Å². The number of hydrogen-bond donors (Lipinski definition) is 0. The monoisotopic (exact) mass is 112 g/mol.